The summed E-state index contributed by atoms with van der Waals surface area (Å²) >= 11 is 3.18. The molecular formula is C22H15BrF2N2O3. The van der Waals surface area contributed by atoms with E-state index in [1.54, 1.807) is 26.0 Å². The topological polar surface area (TPSA) is 61.2 Å². The SMILES string of the molecule is C#CC(=O)c1ccc(C)c(-n2c(C)nc(OCc3ccc(F)cc3F)c(Br)c2=O)c1. The molecule has 3 aromatic rings. The van der Waals surface area contributed by atoms with Crippen molar-refractivity contribution in [1.29, 1.82) is 0 Å². The fraction of sp³-hybridized carbons (Fsp3) is 0.136. The molecule has 8 heteroatoms. The number of terminal acetylenes is 1. The molecule has 1 heterocycles. The number of aromatic nitrogens is 2. The largest absolute Gasteiger partial charge is 0.472 e. The maximum absolute atomic E-state index is 13.8. The number of hydrogen-bond donors (Lipinski definition) is 0. The Hall–Kier alpha value is -3.31. The molecule has 152 valence electrons. The number of carbonyl (C=O) groups excluding carboxylic acids is 1. The molecule has 0 fully saturated rings. The summed E-state index contributed by atoms with van der Waals surface area (Å²) in [6, 6.07) is 7.90. The Kier molecular flexibility index (Phi) is 6.13. The lowest BCUT2D eigenvalue weighted by atomic mass is 10.1. The van der Waals surface area contributed by atoms with Crippen LogP contribution in [0, 0.1) is 37.8 Å². The molecule has 1 aromatic heterocycles. The molecule has 3 rings (SSSR count). The zero-order chi connectivity index (χ0) is 22.0. The highest BCUT2D eigenvalue weighted by molar-refractivity contribution is 9.10. The van der Waals surface area contributed by atoms with Crippen molar-refractivity contribution in [2.24, 2.45) is 0 Å². The Morgan fingerprint density at radius 2 is 1.97 bits per heavy atom. The van der Waals surface area contributed by atoms with Crippen molar-refractivity contribution in [3.8, 4) is 23.9 Å². The first-order valence-electron chi connectivity index (χ1n) is 8.70. The molecule has 0 spiro atoms. The summed E-state index contributed by atoms with van der Waals surface area (Å²) in [5.74, 6) is 0.326. The first-order valence-corrected chi connectivity index (χ1v) is 9.50. The summed E-state index contributed by atoms with van der Waals surface area (Å²) in [7, 11) is 0. The van der Waals surface area contributed by atoms with Crippen LogP contribution < -0.4 is 10.3 Å². The quantitative estimate of drug-likeness (QED) is 0.315. The third kappa shape index (κ3) is 4.16. The number of halogens is 3. The Morgan fingerprint density at radius 3 is 2.63 bits per heavy atom. The average molecular weight is 473 g/mol. The number of nitrogens with zero attached hydrogens (tertiary/aromatic N) is 2. The molecule has 0 N–H and O–H groups in total. The van der Waals surface area contributed by atoms with Gasteiger partial charge in [-0.15, -0.1) is 6.42 Å². The first kappa shape index (κ1) is 21.4. The highest BCUT2D eigenvalue weighted by Crippen LogP contribution is 2.24. The normalized spacial score (nSPS) is 10.5. The monoisotopic (exact) mass is 472 g/mol. The van der Waals surface area contributed by atoms with E-state index in [2.05, 4.69) is 20.9 Å². The molecule has 2 aromatic carbocycles. The minimum Gasteiger partial charge on any atom is -0.472 e. The van der Waals surface area contributed by atoms with Crippen LogP contribution in [0.15, 0.2) is 45.7 Å². The van der Waals surface area contributed by atoms with Gasteiger partial charge in [-0.3, -0.25) is 14.2 Å². The average Bonchev–Trinajstić information content (AvgIpc) is 2.71. The summed E-state index contributed by atoms with van der Waals surface area (Å²) in [5, 5.41) is 0. The summed E-state index contributed by atoms with van der Waals surface area (Å²) in [6.07, 6.45) is 5.18. The second-order valence-corrected chi connectivity index (χ2v) is 7.21. The summed E-state index contributed by atoms with van der Waals surface area (Å²) < 4.78 is 33.7. The minimum absolute atomic E-state index is 0.0173. The van der Waals surface area contributed by atoms with Crippen LogP contribution in [-0.2, 0) is 6.61 Å². The van der Waals surface area contributed by atoms with Gasteiger partial charge in [-0.2, -0.15) is 4.98 Å². The van der Waals surface area contributed by atoms with Crippen molar-refractivity contribution < 1.29 is 18.3 Å². The van der Waals surface area contributed by atoms with Crippen molar-refractivity contribution in [2.75, 3.05) is 0 Å². The van der Waals surface area contributed by atoms with Gasteiger partial charge in [0.15, 0.2) is 0 Å². The number of benzene rings is 2. The van der Waals surface area contributed by atoms with Gasteiger partial charge in [0.1, 0.15) is 28.5 Å². The summed E-state index contributed by atoms with van der Waals surface area (Å²) in [4.78, 5) is 29.1. The highest BCUT2D eigenvalue weighted by Gasteiger charge is 2.18. The second-order valence-electron chi connectivity index (χ2n) is 6.42. The van der Waals surface area contributed by atoms with E-state index in [1.807, 2.05) is 5.92 Å². The lowest BCUT2D eigenvalue weighted by molar-refractivity contribution is 0.105. The maximum atomic E-state index is 13.8. The molecule has 0 unspecified atom stereocenters. The summed E-state index contributed by atoms with van der Waals surface area (Å²) in [6.45, 7) is 3.13. The Morgan fingerprint density at radius 1 is 1.23 bits per heavy atom. The molecule has 0 saturated heterocycles. The van der Waals surface area contributed by atoms with Gasteiger partial charge in [-0.1, -0.05) is 6.07 Å². The van der Waals surface area contributed by atoms with Crippen LogP contribution >= 0.6 is 15.9 Å². The van der Waals surface area contributed by atoms with Crippen LogP contribution in [0.25, 0.3) is 5.69 Å². The second kappa shape index (κ2) is 8.59. The van der Waals surface area contributed by atoms with Crippen LogP contribution in [0.3, 0.4) is 0 Å². The number of hydrogen-bond acceptors (Lipinski definition) is 4. The van der Waals surface area contributed by atoms with Gasteiger partial charge in [-0.05, 0) is 65.5 Å². The number of ether oxygens (including phenoxy) is 1. The number of ketones is 1. The third-order valence-corrected chi connectivity index (χ3v) is 5.07. The molecular weight excluding hydrogens is 458 g/mol. The van der Waals surface area contributed by atoms with E-state index in [0.717, 1.165) is 17.7 Å². The Balaban J connectivity index is 2.01. The Labute approximate surface area is 179 Å². The number of aryl methyl sites for hydroxylation is 2. The van der Waals surface area contributed by atoms with Crippen LogP contribution in [0.1, 0.15) is 27.3 Å². The van der Waals surface area contributed by atoms with E-state index in [4.69, 9.17) is 11.2 Å². The van der Waals surface area contributed by atoms with E-state index < -0.39 is 23.0 Å². The van der Waals surface area contributed by atoms with Gasteiger partial charge in [0.25, 0.3) is 5.56 Å². The zero-order valence-electron chi connectivity index (χ0n) is 16.0. The lowest BCUT2D eigenvalue weighted by Crippen LogP contribution is -2.24. The lowest BCUT2D eigenvalue weighted by Gasteiger charge is -2.16. The molecule has 0 radical (unpaired) electrons. The molecule has 0 aliphatic carbocycles. The number of rotatable bonds is 5. The molecule has 5 nitrogen and oxygen atoms in total. The van der Waals surface area contributed by atoms with Crippen LogP contribution in [0.4, 0.5) is 8.78 Å². The van der Waals surface area contributed by atoms with Crippen LogP contribution in [0.5, 0.6) is 5.88 Å². The summed E-state index contributed by atoms with van der Waals surface area (Å²) in [5.41, 5.74) is 1.08. The van der Waals surface area contributed by atoms with Crippen molar-refractivity contribution >= 4 is 21.7 Å². The van der Waals surface area contributed by atoms with E-state index in [-0.39, 0.29) is 33.9 Å². The van der Waals surface area contributed by atoms with E-state index in [9.17, 15) is 18.4 Å². The van der Waals surface area contributed by atoms with E-state index >= 15 is 0 Å². The van der Waals surface area contributed by atoms with Crippen molar-refractivity contribution in [1.82, 2.24) is 9.55 Å². The molecule has 0 saturated carbocycles. The minimum atomic E-state index is -0.762. The van der Waals surface area contributed by atoms with Crippen molar-refractivity contribution in [3.63, 3.8) is 0 Å². The van der Waals surface area contributed by atoms with Gasteiger partial charge in [0.2, 0.25) is 11.7 Å². The highest BCUT2D eigenvalue weighted by atomic mass is 79.9. The van der Waals surface area contributed by atoms with Crippen LogP contribution in [0.2, 0.25) is 0 Å². The zero-order valence-corrected chi connectivity index (χ0v) is 17.6. The number of carbonyl (C=O) groups is 1. The van der Waals surface area contributed by atoms with Crippen molar-refractivity contribution in [3.05, 3.63) is 85.4 Å². The predicted molar refractivity (Wildman–Crippen MR) is 111 cm³/mol. The van der Waals surface area contributed by atoms with E-state index in [0.29, 0.717) is 5.69 Å². The van der Waals surface area contributed by atoms with Gasteiger partial charge in [0, 0.05) is 17.2 Å². The fourth-order valence-electron chi connectivity index (χ4n) is 2.82. The van der Waals surface area contributed by atoms with Gasteiger partial charge >= 0.3 is 0 Å². The Bertz CT molecular complexity index is 1260. The van der Waals surface area contributed by atoms with Crippen molar-refractivity contribution in [2.45, 2.75) is 20.5 Å². The molecule has 0 atom stereocenters. The molecule has 0 bridgehead atoms. The van der Waals surface area contributed by atoms with E-state index in [1.165, 1.54) is 16.7 Å². The molecule has 30 heavy (non-hydrogen) atoms. The first-order chi connectivity index (χ1) is 14.2. The fourth-order valence-corrected chi connectivity index (χ4v) is 3.20. The van der Waals surface area contributed by atoms with Gasteiger partial charge in [0.05, 0.1) is 5.69 Å². The molecule has 0 aliphatic heterocycles. The number of Topliss-reactive ketones (excluding diaryl/α,β-unsaturated/α-hetero) is 1. The third-order valence-electron chi connectivity index (χ3n) is 4.39. The van der Waals surface area contributed by atoms with Gasteiger partial charge in [-0.25, -0.2) is 8.78 Å². The standard InChI is InChI=1S/C22H15BrF2N2O3/c1-4-19(28)14-6-5-12(2)18(9-14)27-13(3)26-21(20(23)22(27)29)30-11-15-7-8-16(24)10-17(15)25/h1,5-10H,11H2,2-3H3. The van der Waals surface area contributed by atoms with Crippen LogP contribution in [-0.4, -0.2) is 15.3 Å². The maximum Gasteiger partial charge on any atom is 0.276 e. The predicted octanol–water partition coefficient (Wildman–Crippen LogP) is 4.28. The molecule has 0 aliphatic rings. The van der Waals surface area contributed by atoms with Gasteiger partial charge < -0.3 is 4.74 Å². The molecule has 0 amide bonds. The smallest absolute Gasteiger partial charge is 0.276 e.